The van der Waals surface area contributed by atoms with Gasteiger partial charge in [0.25, 0.3) is 5.91 Å². The van der Waals surface area contributed by atoms with Gasteiger partial charge in [0.2, 0.25) is 10.1 Å². The SMILES string of the molecule is CNc1nnc(C(=O)N(C)Cc2csc(C)n2)s1. The highest BCUT2D eigenvalue weighted by molar-refractivity contribution is 7.17. The standard InChI is InChI=1S/C10H13N5OS2/c1-6-12-7(5-17-6)4-15(3)9(16)8-13-14-10(11-2)18-8/h5H,4H2,1-3H3,(H,11,14). The van der Waals surface area contributed by atoms with Gasteiger partial charge in [-0.05, 0) is 6.92 Å². The van der Waals surface area contributed by atoms with Gasteiger partial charge in [-0.15, -0.1) is 21.5 Å². The Morgan fingerprint density at radius 1 is 1.50 bits per heavy atom. The quantitative estimate of drug-likeness (QED) is 0.923. The van der Waals surface area contributed by atoms with E-state index in [1.807, 2.05) is 12.3 Å². The molecule has 0 radical (unpaired) electrons. The fraction of sp³-hybridized carbons (Fsp3) is 0.400. The molecule has 2 aromatic heterocycles. The Labute approximate surface area is 113 Å². The van der Waals surface area contributed by atoms with Crippen molar-refractivity contribution in [1.82, 2.24) is 20.1 Å². The number of nitrogens with one attached hydrogen (secondary N) is 1. The number of carbonyl (C=O) groups excluding carboxylic acids is 1. The number of amides is 1. The first-order valence-electron chi connectivity index (χ1n) is 5.28. The van der Waals surface area contributed by atoms with Crippen LogP contribution in [0, 0.1) is 6.92 Å². The highest BCUT2D eigenvalue weighted by atomic mass is 32.1. The summed E-state index contributed by atoms with van der Waals surface area (Å²) in [7, 11) is 3.48. The molecule has 0 aliphatic carbocycles. The van der Waals surface area contributed by atoms with E-state index >= 15 is 0 Å². The molecule has 2 rings (SSSR count). The number of nitrogens with zero attached hydrogens (tertiary/aromatic N) is 4. The Kier molecular flexibility index (Phi) is 3.87. The van der Waals surface area contributed by atoms with Crippen LogP contribution in [0.25, 0.3) is 0 Å². The van der Waals surface area contributed by atoms with E-state index in [9.17, 15) is 4.79 Å². The molecular weight excluding hydrogens is 270 g/mol. The average molecular weight is 283 g/mol. The predicted octanol–water partition coefficient (Wildman–Crippen LogP) is 1.62. The van der Waals surface area contributed by atoms with Crippen molar-refractivity contribution in [3.8, 4) is 0 Å². The Hall–Kier alpha value is -1.54. The van der Waals surface area contributed by atoms with Gasteiger partial charge in [0.15, 0.2) is 0 Å². The lowest BCUT2D eigenvalue weighted by Gasteiger charge is -2.13. The number of aryl methyl sites for hydroxylation is 1. The van der Waals surface area contributed by atoms with Crippen molar-refractivity contribution in [3.63, 3.8) is 0 Å². The van der Waals surface area contributed by atoms with Crippen molar-refractivity contribution >= 4 is 33.7 Å². The predicted molar refractivity (Wildman–Crippen MR) is 72.1 cm³/mol. The van der Waals surface area contributed by atoms with Gasteiger partial charge in [-0.2, -0.15) is 0 Å². The van der Waals surface area contributed by atoms with Gasteiger partial charge < -0.3 is 10.2 Å². The minimum Gasteiger partial charge on any atom is -0.363 e. The van der Waals surface area contributed by atoms with Crippen molar-refractivity contribution < 1.29 is 4.79 Å². The molecule has 2 heterocycles. The van der Waals surface area contributed by atoms with E-state index in [-0.39, 0.29) is 5.91 Å². The largest absolute Gasteiger partial charge is 0.363 e. The van der Waals surface area contributed by atoms with E-state index in [2.05, 4.69) is 20.5 Å². The zero-order chi connectivity index (χ0) is 13.1. The maximum absolute atomic E-state index is 12.1. The van der Waals surface area contributed by atoms with Crippen LogP contribution in [0.3, 0.4) is 0 Å². The third kappa shape index (κ3) is 2.82. The summed E-state index contributed by atoms with van der Waals surface area (Å²) in [6.07, 6.45) is 0. The summed E-state index contributed by atoms with van der Waals surface area (Å²) < 4.78 is 0. The molecule has 96 valence electrons. The van der Waals surface area contributed by atoms with E-state index in [0.29, 0.717) is 16.7 Å². The molecular formula is C10H13N5OS2. The topological polar surface area (TPSA) is 71.0 Å². The van der Waals surface area contributed by atoms with E-state index in [1.165, 1.54) is 11.3 Å². The van der Waals surface area contributed by atoms with Crippen molar-refractivity contribution in [2.45, 2.75) is 13.5 Å². The normalized spacial score (nSPS) is 10.4. The molecule has 0 aromatic carbocycles. The smallest absolute Gasteiger partial charge is 0.285 e. The molecule has 0 atom stereocenters. The van der Waals surface area contributed by atoms with Gasteiger partial charge in [-0.3, -0.25) is 4.79 Å². The number of hydrogen-bond donors (Lipinski definition) is 1. The highest BCUT2D eigenvalue weighted by Gasteiger charge is 2.17. The molecule has 0 bridgehead atoms. The number of thiazole rings is 1. The first kappa shape index (κ1) is 12.9. The summed E-state index contributed by atoms with van der Waals surface area (Å²) in [5.74, 6) is -0.139. The van der Waals surface area contributed by atoms with E-state index in [0.717, 1.165) is 10.7 Å². The summed E-state index contributed by atoms with van der Waals surface area (Å²) >= 11 is 2.82. The van der Waals surface area contributed by atoms with Crippen LogP contribution < -0.4 is 5.32 Å². The molecule has 0 saturated carbocycles. The second kappa shape index (κ2) is 5.40. The maximum atomic E-state index is 12.1. The van der Waals surface area contributed by atoms with Gasteiger partial charge in [0.05, 0.1) is 17.2 Å². The molecule has 1 N–H and O–H groups in total. The highest BCUT2D eigenvalue weighted by Crippen LogP contribution is 2.17. The summed E-state index contributed by atoms with van der Waals surface area (Å²) in [6.45, 7) is 2.43. The molecule has 0 spiro atoms. The lowest BCUT2D eigenvalue weighted by Crippen LogP contribution is -2.26. The minimum absolute atomic E-state index is 0.139. The Bertz CT molecular complexity index is 550. The lowest BCUT2D eigenvalue weighted by molar-refractivity contribution is 0.0782. The third-order valence-corrected chi connectivity index (χ3v) is 3.99. The Morgan fingerprint density at radius 3 is 2.83 bits per heavy atom. The van der Waals surface area contributed by atoms with Crippen LogP contribution in [0.5, 0.6) is 0 Å². The number of hydrogen-bond acceptors (Lipinski definition) is 7. The van der Waals surface area contributed by atoms with Crippen molar-refractivity contribution in [2.75, 3.05) is 19.4 Å². The molecule has 0 saturated heterocycles. The maximum Gasteiger partial charge on any atom is 0.285 e. The van der Waals surface area contributed by atoms with E-state index in [4.69, 9.17) is 0 Å². The van der Waals surface area contributed by atoms with Crippen LogP contribution >= 0.6 is 22.7 Å². The number of rotatable bonds is 4. The first-order valence-corrected chi connectivity index (χ1v) is 6.97. The lowest BCUT2D eigenvalue weighted by atomic mass is 10.4. The van der Waals surface area contributed by atoms with Crippen LogP contribution in [-0.2, 0) is 6.54 Å². The molecule has 0 fully saturated rings. The zero-order valence-electron chi connectivity index (χ0n) is 10.3. The monoisotopic (exact) mass is 283 g/mol. The average Bonchev–Trinajstić information content (AvgIpc) is 2.97. The molecule has 0 aliphatic heterocycles. The van der Waals surface area contributed by atoms with Gasteiger partial charge >= 0.3 is 0 Å². The van der Waals surface area contributed by atoms with Crippen LogP contribution in [0.2, 0.25) is 0 Å². The van der Waals surface area contributed by atoms with Crippen LogP contribution in [0.4, 0.5) is 5.13 Å². The molecule has 18 heavy (non-hydrogen) atoms. The fourth-order valence-electron chi connectivity index (χ4n) is 1.37. The third-order valence-electron chi connectivity index (χ3n) is 2.23. The summed E-state index contributed by atoms with van der Waals surface area (Å²) in [5, 5.41) is 14.5. The van der Waals surface area contributed by atoms with Crippen molar-refractivity contribution in [3.05, 3.63) is 21.1 Å². The van der Waals surface area contributed by atoms with E-state index < -0.39 is 0 Å². The summed E-state index contributed by atoms with van der Waals surface area (Å²) in [4.78, 5) is 18.0. The van der Waals surface area contributed by atoms with Gasteiger partial charge in [0.1, 0.15) is 0 Å². The zero-order valence-corrected chi connectivity index (χ0v) is 11.9. The molecule has 6 nitrogen and oxygen atoms in total. The first-order chi connectivity index (χ1) is 8.60. The van der Waals surface area contributed by atoms with Gasteiger partial charge in [-0.1, -0.05) is 11.3 Å². The second-order valence-corrected chi connectivity index (χ2v) is 5.72. The molecule has 8 heteroatoms. The Morgan fingerprint density at radius 2 is 2.28 bits per heavy atom. The molecule has 0 aliphatic rings. The van der Waals surface area contributed by atoms with Gasteiger partial charge in [-0.25, -0.2) is 4.98 Å². The Balaban J connectivity index is 2.04. The summed E-state index contributed by atoms with van der Waals surface area (Å²) in [5.41, 5.74) is 0.895. The summed E-state index contributed by atoms with van der Waals surface area (Å²) in [6, 6.07) is 0. The van der Waals surface area contributed by atoms with Crippen LogP contribution in [-0.4, -0.2) is 40.1 Å². The van der Waals surface area contributed by atoms with Crippen LogP contribution in [0.15, 0.2) is 5.38 Å². The molecule has 1 amide bonds. The van der Waals surface area contributed by atoms with E-state index in [1.54, 1.807) is 30.3 Å². The van der Waals surface area contributed by atoms with Crippen molar-refractivity contribution in [1.29, 1.82) is 0 Å². The minimum atomic E-state index is -0.139. The number of carbonyl (C=O) groups is 1. The fourth-order valence-corrected chi connectivity index (χ4v) is 2.67. The molecule has 0 unspecified atom stereocenters. The van der Waals surface area contributed by atoms with Crippen LogP contribution in [0.1, 0.15) is 20.5 Å². The number of aromatic nitrogens is 3. The van der Waals surface area contributed by atoms with Crippen molar-refractivity contribution in [2.24, 2.45) is 0 Å². The second-order valence-electron chi connectivity index (χ2n) is 3.68. The molecule has 2 aromatic rings. The van der Waals surface area contributed by atoms with Gasteiger partial charge in [0, 0.05) is 19.5 Å². The number of anilines is 1.